The number of carbonyl (C=O) groups is 1. The number of nitrogens with one attached hydrogen (secondary N) is 1. The highest BCUT2D eigenvalue weighted by Gasteiger charge is 2.39. The van der Waals surface area contributed by atoms with Crippen LogP contribution < -0.4 is 5.32 Å². The van der Waals surface area contributed by atoms with E-state index in [1.807, 2.05) is 17.5 Å². The summed E-state index contributed by atoms with van der Waals surface area (Å²) in [4.78, 5) is 14.2. The van der Waals surface area contributed by atoms with Crippen LogP contribution in [0.5, 0.6) is 0 Å². The smallest absolute Gasteiger partial charge is 0.248 e. The second-order valence-corrected chi connectivity index (χ2v) is 14.7. The predicted molar refractivity (Wildman–Crippen MR) is 233 cm³/mol. The minimum Gasteiger partial charge on any atom is -0.322 e. The zero-order valence-electron chi connectivity index (χ0n) is 30.9. The Hall–Kier alpha value is -6.68. The molecule has 270 valence electrons. The molecule has 0 saturated heterocycles. The van der Waals surface area contributed by atoms with Gasteiger partial charge in [-0.3, -0.25) is 4.79 Å². The lowest BCUT2D eigenvalue weighted by Crippen LogP contribution is -2.31. The van der Waals surface area contributed by atoms with E-state index in [0.717, 1.165) is 16.1 Å². The first kappa shape index (κ1) is 36.3. The summed E-state index contributed by atoms with van der Waals surface area (Å²) in [6, 6.07) is 81.0. The van der Waals surface area contributed by atoms with E-state index in [2.05, 4.69) is 224 Å². The quantitative estimate of drug-likeness (QED) is 0.0768. The van der Waals surface area contributed by atoms with E-state index in [1.54, 1.807) is 6.08 Å². The zero-order valence-corrected chi connectivity index (χ0v) is 31.7. The Morgan fingerprint density at radius 2 is 0.625 bits per heavy atom. The molecule has 1 amide bonds. The van der Waals surface area contributed by atoms with Crippen molar-refractivity contribution in [3.05, 3.63) is 287 Å². The Morgan fingerprint density at radius 1 is 0.357 bits per heavy atom. The van der Waals surface area contributed by atoms with Gasteiger partial charge >= 0.3 is 0 Å². The summed E-state index contributed by atoms with van der Waals surface area (Å²) in [7, 11) is 0. The molecule has 0 fully saturated rings. The number of benzene rings is 8. The monoisotopic (exact) mass is 739 g/mol. The SMILES string of the molecule is O=C(/C=C\Sc1ccc(C(c2ccccc2)(c2ccccc2)c2ccccc2)cc1)Nc1ccc(C(c2ccccc2)(c2ccccc2)c2ccccc2)cc1. The lowest BCUT2D eigenvalue weighted by molar-refractivity contribution is -0.111. The molecular formula is C53H41NOS. The number of thioether (sulfide) groups is 1. The van der Waals surface area contributed by atoms with E-state index < -0.39 is 10.8 Å². The van der Waals surface area contributed by atoms with Gasteiger partial charge in [-0.25, -0.2) is 0 Å². The van der Waals surface area contributed by atoms with Crippen molar-refractivity contribution in [2.45, 2.75) is 15.7 Å². The average Bonchev–Trinajstić information content (AvgIpc) is 3.28. The lowest BCUT2D eigenvalue weighted by Gasteiger charge is -2.37. The van der Waals surface area contributed by atoms with Gasteiger partial charge in [-0.2, -0.15) is 0 Å². The van der Waals surface area contributed by atoms with E-state index in [0.29, 0.717) is 0 Å². The van der Waals surface area contributed by atoms with E-state index in [9.17, 15) is 4.79 Å². The second-order valence-electron chi connectivity index (χ2n) is 13.7. The van der Waals surface area contributed by atoms with Crippen LogP contribution in [-0.4, -0.2) is 5.91 Å². The van der Waals surface area contributed by atoms with Crippen LogP contribution in [0.15, 0.2) is 247 Å². The highest BCUT2D eigenvalue weighted by Crippen LogP contribution is 2.46. The molecule has 2 nitrogen and oxygen atoms in total. The molecule has 0 aliphatic heterocycles. The Labute approximate surface area is 334 Å². The summed E-state index contributed by atoms with van der Waals surface area (Å²) >= 11 is 1.52. The Kier molecular flexibility index (Phi) is 10.9. The molecule has 0 unspecified atom stereocenters. The fraction of sp³-hybridized carbons (Fsp3) is 0.0377. The maximum Gasteiger partial charge on any atom is 0.248 e. The van der Waals surface area contributed by atoms with Crippen LogP contribution in [-0.2, 0) is 15.6 Å². The summed E-state index contributed by atoms with van der Waals surface area (Å²) in [5.74, 6) is -0.182. The first-order valence-corrected chi connectivity index (χ1v) is 19.8. The van der Waals surface area contributed by atoms with Gasteiger partial charge in [0.25, 0.3) is 0 Å². The maximum atomic E-state index is 13.2. The van der Waals surface area contributed by atoms with Gasteiger partial charge < -0.3 is 5.32 Å². The van der Waals surface area contributed by atoms with Crippen molar-refractivity contribution in [1.29, 1.82) is 0 Å². The van der Waals surface area contributed by atoms with Crippen LogP contribution in [0.1, 0.15) is 44.5 Å². The highest BCUT2D eigenvalue weighted by molar-refractivity contribution is 8.02. The first-order valence-electron chi connectivity index (χ1n) is 18.9. The topological polar surface area (TPSA) is 29.1 Å². The fourth-order valence-corrected chi connectivity index (χ4v) is 8.72. The predicted octanol–water partition coefficient (Wildman–Crippen LogP) is 12.7. The largest absolute Gasteiger partial charge is 0.322 e. The van der Waals surface area contributed by atoms with Gasteiger partial charge in [0.15, 0.2) is 0 Å². The number of amides is 1. The summed E-state index contributed by atoms with van der Waals surface area (Å²) in [6.07, 6.45) is 1.59. The second kappa shape index (κ2) is 16.8. The molecule has 8 aromatic carbocycles. The molecule has 0 heterocycles. The van der Waals surface area contributed by atoms with E-state index >= 15 is 0 Å². The molecule has 0 aromatic heterocycles. The van der Waals surface area contributed by atoms with Crippen molar-refractivity contribution in [2.24, 2.45) is 0 Å². The Morgan fingerprint density at radius 3 is 0.929 bits per heavy atom. The highest BCUT2D eigenvalue weighted by atomic mass is 32.2. The van der Waals surface area contributed by atoms with Crippen LogP contribution in [0.3, 0.4) is 0 Å². The fourth-order valence-electron chi connectivity index (χ4n) is 8.07. The summed E-state index contributed by atoms with van der Waals surface area (Å²) in [5.41, 5.74) is 9.11. The summed E-state index contributed by atoms with van der Waals surface area (Å²) < 4.78 is 0. The van der Waals surface area contributed by atoms with Gasteiger partial charge in [0, 0.05) is 16.7 Å². The van der Waals surface area contributed by atoms with Gasteiger partial charge in [0.05, 0.1) is 10.8 Å². The van der Waals surface area contributed by atoms with Crippen molar-refractivity contribution in [1.82, 2.24) is 0 Å². The molecule has 1 N–H and O–H groups in total. The van der Waals surface area contributed by atoms with E-state index in [1.165, 1.54) is 50.7 Å². The van der Waals surface area contributed by atoms with Crippen LogP contribution in [0.2, 0.25) is 0 Å². The normalized spacial score (nSPS) is 11.6. The molecule has 8 rings (SSSR count). The molecule has 0 radical (unpaired) electrons. The van der Waals surface area contributed by atoms with Gasteiger partial charge in [-0.05, 0) is 74.2 Å². The third kappa shape index (κ3) is 7.13. The van der Waals surface area contributed by atoms with Crippen LogP contribution >= 0.6 is 11.8 Å². The van der Waals surface area contributed by atoms with Crippen LogP contribution in [0.4, 0.5) is 5.69 Å². The molecule has 0 spiro atoms. The standard InChI is InChI=1S/C53H41NOS/c55-51(54-49-35-31-47(32-36-49)52(41-19-7-1-8-20-41,42-21-9-2-10-22-42)43-23-11-3-12-24-43)39-40-56-50-37-33-48(34-38-50)53(44-25-13-4-14-26-44,45-27-15-5-16-28-45)46-29-17-6-18-30-46/h1-40H,(H,54,55)/b40-39-. The van der Waals surface area contributed by atoms with Gasteiger partial charge in [-0.15, -0.1) is 0 Å². The van der Waals surface area contributed by atoms with Crippen molar-refractivity contribution >= 4 is 23.4 Å². The summed E-state index contributed by atoms with van der Waals surface area (Å²) in [5, 5.41) is 4.92. The number of hydrogen-bond donors (Lipinski definition) is 1. The van der Waals surface area contributed by atoms with Crippen molar-refractivity contribution < 1.29 is 4.79 Å². The Bertz CT molecular complexity index is 2290. The molecular weight excluding hydrogens is 699 g/mol. The molecule has 3 heteroatoms. The lowest BCUT2D eigenvalue weighted by atomic mass is 9.65. The average molecular weight is 740 g/mol. The van der Waals surface area contributed by atoms with Crippen LogP contribution in [0.25, 0.3) is 0 Å². The number of hydrogen-bond acceptors (Lipinski definition) is 2. The number of anilines is 1. The first-order chi connectivity index (χ1) is 27.7. The minimum atomic E-state index is -0.540. The maximum absolute atomic E-state index is 13.2. The molecule has 0 atom stereocenters. The van der Waals surface area contributed by atoms with Crippen LogP contribution in [0, 0.1) is 0 Å². The van der Waals surface area contributed by atoms with Gasteiger partial charge in [-0.1, -0.05) is 218 Å². The van der Waals surface area contributed by atoms with E-state index in [4.69, 9.17) is 0 Å². The van der Waals surface area contributed by atoms with Gasteiger partial charge in [0.2, 0.25) is 5.91 Å². The molecule has 56 heavy (non-hydrogen) atoms. The minimum absolute atomic E-state index is 0.182. The molecule has 0 aliphatic rings. The third-order valence-electron chi connectivity index (χ3n) is 10.5. The zero-order chi connectivity index (χ0) is 38.0. The number of rotatable bonds is 12. The molecule has 0 bridgehead atoms. The molecule has 8 aromatic rings. The summed E-state index contributed by atoms with van der Waals surface area (Å²) in [6.45, 7) is 0. The Balaban J connectivity index is 1.03. The van der Waals surface area contributed by atoms with E-state index in [-0.39, 0.29) is 5.91 Å². The van der Waals surface area contributed by atoms with Crippen molar-refractivity contribution in [3.63, 3.8) is 0 Å². The molecule has 0 saturated carbocycles. The third-order valence-corrected chi connectivity index (χ3v) is 11.4. The van der Waals surface area contributed by atoms with Gasteiger partial charge in [0.1, 0.15) is 0 Å². The van der Waals surface area contributed by atoms with Crippen molar-refractivity contribution in [2.75, 3.05) is 5.32 Å². The molecule has 0 aliphatic carbocycles. The van der Waals surface area contributed by atoms with Crippen molar-refractivity contribution in [3.8, 4) is 0 Å². The number of carbonyl (C=O) groups excluding carboxylic acids is 1.